The van der Waals surface area contributed by atoms with E-state index in [0.717, 1.165) is 22.3 Å². The van der Waals surface area contributed by atoms with Crippen LogP contribution in [0.25, 0.3) is 66.3 Å². The Hall–Kier alpha value is -5.66. The van der Waals surface area contributed by atoms with Gasteiger partial charge in [-0.3, -0.25) is 0 Å². The highest BCUT2D eigenvalue weighted by Gasteiger charge is 2.16. The number of benzene rings is 6. The Morgan fingerprint density at radius 2 is 1.02 bits per heavy atom. The minimum Gasteiger partial charge on any atom is -0.219 e. The van der Waals surface area contributed by atoms with Crippen LogP contribution in [0, 0.1) is 25.2 Å². The summed E-state index contributed by atoms with van der Waals surface area (Å²) in [5.74, 6) is 2.12. The minimum atomic E-state index is 0.660. The van der Waals surface area contributed by atoms with Crippen LogP contribution in [-0.4, -0.2) is 15.0 Å². The lowest BCUT2D eigenvalue weighted by atomic mass is 9.86. The third kappa shape index (κ3) is 4.48. The van der Waals surface area contributed by atoms with Gasteiger partial charge in [0.1, 0.15) is 11.6 Å². The normalized spacial score (nSPS) is 11.1. The molecule has 0 saturated carbocycles. The first-order chi connectivity index (χ1) is 20.6. The quantitative estimate of drug-likeness (QED) is 0.224. The van der Waals surface area contributed by atoms with Gasteiger partial charge < -0.3 is 0 Å². The van der Waals surface area contributed by atoms with Crippen LogP contribution in [0.1, 0.15) is 17.2 Å². The molecule has 1 aromatic heterocycles. The average molecular weight is 539 g/mol. The number of aromatic nitrogens is 3. The van der Waals surface area contributed by atoms with E-state index >= 15 is 0 Å². The van der Waals surface area contributed by atoms with Crippen LogP contribution in [0.3, 0.4) is 0 Å². The second-order valence-corrected chi connectivity index (χ2v) is 10.4. The van der Waals surface area contributed by atoms with E-state index < -0.39 is 0 Å². The molecular weight excluding hydrogens is 512 g/mol. The van der Waals surface area contributed by atoms with E-state index in [1.807, 2.05) is 38.1 Å². The molecule has 42 heavy (non-hydrogen) atoms. The Labute approximate surface area is 244 Å². The smallest absolute Gasteiger partial charge is 0.163 e. The zero-order valence-corrected chi connectivity index (χ0v) is 23.3. The van der Waals surface area contributed by atoms with Crippen molar-refractivity contribution in [1.29, 1.82) is 5.26 Å². The van der Waals surface area contributed by atoms with Crippen molar-refractivity contribution in [2.45, 2.75) is 13.8 Å². The summed E-state index contributed by atoms with van der Waals surface area (Å²) in [5.41, 5.74) is 8.54. The van der Waals surface area contributed by atoms with E-state index in [2.05, 4.69) is 118 Å². The summed E-state index contributed by atoms with van der Waals surface area (Å²) in [6.07, 6.45) is 0. The lowest BCUT2D eigenvalue weighted by Gasteiger charge is -2.18. The van der Waals surface area contributed by atoms with Gasteiger partial charge in [0.15, 0.2) is 5.82 Å². The van der Waals surface area contributed by atoms with Gasteiger partial charge in [-0.05, 0) is 80.9 Å². The standard InChI is InChI=1S/C38H26N4/c1-24-40-25(2)42-38(41-24)30-17-15-29(16-18-30)37-32-8-4-3-7-27(32)19-20-36(37)35-22-21-31(33-9-5-6-10-34(33)35)28-13-11-26(23-39)12-14-28/h3-22H,1-2H3. The van der Waals surface area contributed by atoms with Crippen LogP contribution < -0.4 is 0 Å². The maximum Gasteiger partial charge on any atom is 0.163 e. The fourth-order valence-corrected chi connectivity index (χ4v) is 5.85. The SMILES string of the molecule is Cc1nc(C)nc(-c2ccc(-c3c(-c4ccc(-c5ccc(C#N)cc5)c5ccccc45)ccc4ccccc34)cc2)n1. The highest BCUT2D eigenvalue weighted by molar-refractivity contribution is 6.11. The molecule has 0 bridgehead atoms. The van der Waals surface area contributed by atoms with Crippen molar-refractivity contribution in [3.05, 3.63) is 139 Å². The molecule has 7 rings (SSSR count). The number of rotatable bonds is 4. The van der Waals surface area contributed by atoms with Crippen LogP contribution in [0.4, 0.5) is 0 Å². The summed E-state index contributed by atoms with van der Waals surface area (Å²) in [6.45, 7) is 3.79. The monoisotopic (exact) mass is 538 g/mol. The highest BCUT2D eigenvalue weighted by atomic mass is 15.0. The summed E-state index contributed by atoms with van der Waals surface area (Å²) in [4.78, 5) is 13.4. The van der Waals surface area contributed by atoms with Gasteiger partial charge in [-0.15, -0.1) is 0 Å². The molecule has 0 radical (unpaired) electrons. The van der Waals surface area contributed by atoms with Crippen LogP contribution in [0.15, 0.2) is 121 Å². The minimum absolute atomic E-state index is 0.660. The van der Waals surface area contributed by atoms with Crippen LogP contribution in [-0.2, 0) is 0 Å². The number of nitriles is 1. The van der Waals surface area contributed by atoms with Crippen molar-refractivity contribution in [1.82, 2.24) is 15.0 Å². The number of aryl methyl sites for hydroxylation is 2. The fourth-order valence-electron chi connectivity index (χ4n) is 5.85. The number of hydrogen-bond acceptors (Lipinski definition) is 4. The lowest BCUT2D eigenvalue weighted by Crippen LogP contribution is -1.98. The zero-order valence-electron chi connectivity index (χ0n) is 23.3. The molecule has 0 N–H and O–H groups in total. The molecule has 4 nitrogen and oxygen atoms in total. The Morgan fingerprint density at radius 3 is 1.71 bits per heavy atom. The van der Waals surface area contributed by atoms with Crippen molar-refractivity contribution in [2.24, 2.45) is 0 Å². The number of nitrogens with zero attached hydrogens (tertiary/aromatic N) is 4. The Bertz CT molecular complexity index is 2130. The van der Waals surface area contributed by atoms with Gasteiger partial charge in [0.2, 0.25) is 0 Å². The third-order valence-electron chi connectivity index (χ3n) is 7.76. The van der Waals surface area contributed by atoms with Gasteiger partial charge in [0, 0.05) is 5.56 Å². The molecule has 0 fully saturated rings. The lowest BCUT2D eigenvalue weighted by molar-refractivity contribution is 0.928. The van der Waals surface area contributed by atoms with Crippen molar-refractivity contribution in [3.63, 3.8) is 0 Å². The van der Waals surface area contributed by atoms with E-state index in [9.17, 15) is 5.26 Å². The van der Waals surface area contributed by atoms with Crippen molar-refractivity contribution in [3.8, 4) is 50.8 Å². The first kappa shape index (κ1) is 25.3. The Morgan fingerprint density at radius 1 is 0.476 bits per heavy atom. The molecule has 0 atom stereocenters. The molecule has 0 aliphatic heterocycles. The molecule has 7 aromatic rings. The van der Waals surface area contributed by atoms with E-state index in [0.29, 0.717) is 23.0 Å². The molecule has 198 valence electrons. The molecule has 0 aliphatic rings. The molecule has 6 aromatic carbocycles. The first-order valence-corrected chi connectivity index (χ1v) is 13.9. The molecule has 0 aliphatic carbocycles. The molecule has 4 heteroatoms. The summed E-state index contributed by atoms with van der Waals surface area (Å²) in [5, 5.41) is 14.0. The van der Waals surface area contributed by atoms with Crippen LogP contribution in [0.5, 0.6) is 0 Å². The van der Waals surface area contributed by atoms with E-state index in [1.165, 1.54) is 38.2 Å². The molecule has 0 unspecified atom stereocenters. The molecule has 0 saturated heterocycles. The Kier molecular flexibility index (Phi) is 6.26. The van der Waals surface area contributed by atoms with E-state index in [4.69, 9.17) is 0 Å². The van der Waals surface area contributed by atoms with Gasteiger partial charge in [-0.1, -0.05) is 109 Å². The third-order valence-corrected chi connectivity index (χ3v) is 7.76. The molecule has 1 heterocycles. The Balaban J connectivity index is 1.42. The fraction of sp³-hybridized carbons (Fsp3) is 0.0526. The van der Waals surface area contributed by atoms with Gasteiger partial charge in [0.25, 0.3) is 0 Å². The van der Waals surface area contributed by atoms with Crippen molar-refractivity contribution >= 4 is 21.5 Å². The largest absolute Gasteiger partial charge is 0.219 e. The van der Waals surface area contributed by atoms with Gasteiger partial charge in [0.05, 0.1) is 11.6 Å². The highest BCUT2D eigenvalue weighted by Crippen LogP contribution is 2.43. The van der Waals surface area contributed by atoms with E-state index in [-0.39, 0.29) is 0 Å². The van der Waals surface area contributed by atoms with Gasteiger partial charge in [-0.25, -0.2) is 15.0 Å². The van der Waals surface area contributed by atoms with Crippen LogP contribution >= 0.6 is 0 Å². The van der Waals surface area contributed by atoms with Gasteiger partial charge in [-0.2, -0.15) is 5.26 Å². The summed E-state index contributed by atoms with van der Waals surface area (Å²) in [7, 11) is 0. The topological polar surface area (TPSA) is 62.5 Å². The summed E-state index contributed by atoms with van der Waals surface area (Å²) in [6, 6.07) is 44.6. The summed E-state index contributed by atoms with van der Waals surface area (Å²) < 4.78 is 0. The maximum absolute atomic E-state index is 9.26. The van der Waals surface area contributed by atoms with Crippen LogP contribution in [0.2, 0.25) is 0 Å². The molecule has 0 amide bonds. The summed E-state index contributed by atoms with van der Waals surface area (Å²) >= 11 is 0. The first-order valence-electron chi connectivity index (χ1n) is 13.9. The second-order valence-electron chi connectivity index (χ2n) is 10.4. The maximum atomic E-state index is 9.26. The zero-order chi connectivity index (χ0) is 28.6. The predicted octanol–water partition coefficient (Wildman–Crippen LogP) is 9.33. The van der Waals surface area contributed by atoms with Crippen molar-refractivity contribution < 1.29 is 0 Å². The van der Waals surface area contributed by atoms with E-state index in [1.54, 1.807) is 0 Å². The van der Waals surface area contributed by atoms with Crippen molar-refractivity contribution in [2.75, 3.05) is 0 Å². The number of hydrogen-bond donors (Lipinski definition) is 0. The molecule has 0 spiro atoms. The average Bonchev–Trinajstić information content (AvgIpc) is 3.03. The second kappa shape index (κ2) is 10.4. The number of fused-ring (bicyclic) bond motifs is 2. The van der Waals surface area contributed by atoms with Gasteiger partial charge >= 0.3 is 0 Å². The molecular formula is C38H26N4. The predicted molar refractivity (Wildman–Crippen MR) is 171 cm³/mol.